The monoisotopic (exact) mass is 263 g/mol. The Hall–Kier alpha value is -2.57. The van der Waals surface area contributed by atoms with Gasteiger partial charge in [0, 0.05) is 13.0 Å². The number of phenols is 2. The minimum Gasteiger partial charge on any atom is -0.504 e. The Labute approximate surface area is 108 Å². The van der Waals surface area contributed by atoms with Gasteiger partial charge in [0.25, 0.3) is 5.91 Å². The number of aromatic hydroxyl groups is 2. The largest absolute Gasteiger partial charge is 0.504 e. The van der Waals surface area contributed by atoms with E-state index < -0.39 is 11.7 Å². The summed E-state index contributed by atoms with van der Waals surface area (Å²) in [5, 5.41) is 25.0. The average Bonchev–Trinajstić information content (AvgIpc) is 2.78. The van der Waals surface area contributed by atoms with Gasteiger partial charge in [-0.15, -0.1) is 0 Å². The van der Waals surface area contributed by atoms with Gasteiger partial charge in [-0.3, -0.25) is 4.79 Å². The Morgan fingerprint density at radius 1 is 1.42 bits per heavy atom. The molecular formula is C12H13N3O4. The number of aryl methyl sites for hydroxylation is 1. The maximum Gasteiger partial charge on any atom is 0.255 e. The van der Waals surface area contributed by atoms with E-state index in [1.807, 2.05) is 0 Å². The van der Waals surface area contributed by atoms with Gasteiger partial charge < -0.3 is 20.1 Å². The second-order valence-corrected chi connectivity index (χ2v) is 3.91. The van der Waals surface area contributed by atoms with E-state index in [1.54, 1.807) is 6.92 Å². The summed E-state index contributed by atoms with van der Waals surface area (Å²) in [4.78, 5) is 15.8. The molecule has 19 heavy (non-hydrogen) atoms. The quantitative estimate of drug-likeness (QED) is 0.703. The van der Waals surface area contributed by atoms with Crippen molar-refractivity contribution in [2.45, 2.75) is 13.3 Å². The molecule has 0 fully saturated rings. The second kappa shape index (κ2) is 5.38. The number of nitrogens with zero attached hydrogens (tertiary/aromatic N) is 2. The van der Waals surface area contributed by atoms with E-state index in [0.29, 0.717) is 18.1 Å². The number of phenolic OH excluding ortho intramolecular Hbond substituents is 2. The molecule has 0 bridgehead atoms. The Morgan fingerprint density at radius 3 is 2.89 bits per heavy atom. The fourth-order valence-corrected chi connectivity index (χ4v) is 1.53. The van der Waals surface area contributed by atoms with E-state index in [4.69, 9.17) is 4.52 Å². The molecule has 2 aromatic rings. The predicted molar refractivity (Wildman–Crippen MR) is 64.8 cm³/mol. The average molecular weight is 263 g/mol. The first-order chi connectivity index (χ1) is 9.08. The van der Waals surface area contributed by atoms with Crippen LogP contribution in [-0.2, 0) is 6.42 Å². The highest BCUT2D eigenvalue weighted by molar-refractivity contribution is 5.97. The molecule has 0 saturated heterocycles. The Morgan fingerprint density at radius 2 is 2.21 bits per heavy atom. The lowest BCUT2D eigenvalue weighted by Gasteiger charge is -2.06. The normalized spacial score (nSPS) is 10.4. The molecule has 0 aliphatic rings. The van der Waals surface area contributed by atoms with Crippen molar-refractivity contribution >= 4 is 5.91 Å². The van der Waals surface area contributed by atoms with Crippen LogP contribution in [0.4, 0.5) is 0 Å². The topological polar surface area (TPSA) is 108 Å². The first-order valence-electron chi connectivity index (χ1n) is 5.66. The minimum atomic E-state index is -0.482. The standard InChI is InChI=1S/C12H13N3O4/c1-7-14-10(19-15-7)5-6-13-12(18)8-3-2-4-9(16)11(8)17/h2-4,16-17H,5-6H2,1H3,(H,13,18). The van der Waals surface area contributed by atoms with Gasteiger partial charge in [-0.05, 0) is 19.1 Å². The maximum absolute atomic E-state index is 11.8. The number of carbonyl (C=O) groups excluding carboxylic acids is 1. The number of carbonyl (C=O) groups is 1. The predicted octanol–water partition coefficient (Wildman–Crippen LogP) is 0.762. The van der Waals surface area contributed by atoms with Gasteiger partial charge in [-0.1, -0.05) is 11.2 Å². The number of hydrogen-bond acceptors (Lipinski definition) is 6. The SMILES string of the molecule is Cc1noc(CCNC(=O)c2cccc(O)c2O)n1. The Balaban J connectivity index is 1.93. The van der Waals surface area contributed by atoms with Crippen molar-refractivity contribution in [1.29, 1.82) is 0 Å². The highest BCUT2D eigenvalue weighted by Crippen LogP contribution is 2.27. The van der Waals surface area contributed by atoms with Crippen LogP contribution in [0.5, 0.6) is 11.5 Å². The van der Waals surface area contributed by atoms with E-state index in [2.05, 4.69) is 15.5 Å². The summed E-state index contributed by atoms with van der Waals surface area (Å²) in [5.41, 5.74) is 0.0155. The zero-order chi connectivity index (χ0) is 13.8. The van der Waals surface area contributed by atoms with Gasteiger partial charge in [0.2, 0.25) is 5.89 Å². The third-order valence-electron chi connectivity index (χ3n) is 2.45. The van der Waals surface area contributed by atoms with Crippen molar-refractivity contribution < 1.29 is 19.5 Å². The molecule has 0 atom stereocenters. The molecule has 1 heterocycles. The van der Waals surface area contributed by atoms with E-state index in [1.165, 1.54) is 18.2 Å². The Kier molecular flexibility index (Phi) is 3.65. The molecule has 0 aliphatic carbocycles. The summed E-state index contributed by atoms with van der Waals surface area (Å²) >= 11 is 0. The fourth-order valence-electron chi connectivity index (χ4n) is 1.53. The van der Waals surface area contributed by atoms with E-state index in [0.717, 1.165) is 0 Å². The number of rotatable bonds is 4. The van der Waals surface area contributed by atoms with E-state index in [9.17, 15) is 15.0 Å². The second-order valence-electron chi connectivity index (χ2n) is 3.91. The molecule has 0 spiro atoms. The molecular weight excluding hydrogens is 250 g/mol. The number of amides is 1. The summed E-state index contributed by atoms with van der Waals surface area (Å²) in [6.07, 6.45) is 0.395. The molecule has 7 nitrogen and oxygen atoms in total. The van der Waals surface area contributed by atoms with Crippen LogP contribution in [0.2, 0.25) is 0 Å². The molecule has 0 saturated carbocycles. The molecule has 1 aromatic heterocycles. The first-order valence-corrected chi connectivity index (χ1v) is 5.66. The number of benzene rings is 1. The smallest absolute Gasteiger partial charge is 0.255 e. The van der Waals surface area contributed by atoms with Gasteiger partial charge in [0.05, 0.1) is 5.56 Å². The zero-order valence-electron chi connectivity index (χ0n) is 10.3. The van der Waals surface area contributed by atoms with Crippen molar-refractivity contribution in [2.75, 3.05) is 6.54 Å². The number of para-hydroxylation sites is 1. The molecule has 0 radical (unpaired) electrons. The lowest BCUT2D eigenvalue weighted by atomic mass is 10.1. The molecule has 1 amide bonds. The molecule has 100 valence electrons. The van der Waals surface area contributed by atoms with Gasteiger partial charge in [-0.2, -0.15) is 4.98 Å². The zero-order valence-corrected chi connectivity index (χ0v) is 10.3. The van der Waals surface area contributed by atoms with E-state index >= 15 is 0 Å². The van der Waals surface area contributed by atoms with Crippen LogP contribution in [0, 0.1) is 6.92 Å². The Bertz CT molecular complexity index is 594. The number of nitrogens with one attached hydrogen (secondary N) is 1. The highest BCUT2D eigenvalue weighted by Gasteiger charge is 2.13. The fraction of sp³-hybridized carbons (Fsp3) is 0.250. The van der Waals surface area contributed by atoms with Crippen LogP contribution >= 0.6 is 0 Å². The van der Waals surface area contributed by atoms with Crippen LogP contribution < -0.4 is 5.32 Å². The van der Waals surface area contributed by atoms with Crippen molar-refractivity contribution in [2.24, 2.45) is 0 Å². The van der Waals surface area contributed by atoms with Crippen LogP contribution in [0.3, 0.4) is 0 Å². The van der Waals surface area contributed by atoms with Gasteiger partial charge in [-0.25, -0.2) is 0 Å². The molecule has 0 aliphatic heterocycles. The summed E-state index contributed by atoms with van der Waals surface area (Å²) in [6.45, 7) is 1.99. The van der Waals surface area contributed by atoms with Crippen LogP contribution in [-0.4, -0.2) is 32.8 Å². The third kappa shape index (κ3) is 3.01. The summed E-state index contributed by atoms with van der Waals surface area (Å²) < 4.78 is 4.89. The lowest BCUT2D eigenvalue weighted by Crippen LogP contribution is -2.25. The van der Waals surface area contributed by atoms with Crippen molar-refractivity contribution in [1.82, 2.24) is 15.5 Å². The van der Waals surface area contributed by atoms with Gasteiger partial charge in [0.15, 0.2) is 17.3 Å². The number of hydrogen-bond donors (Lipinski definition) is 3. The van der Waals surface area contributed by atoms with Crippen molar-refractivity contribution in [3.8, 4) is 11.5 Å². The first kappa shape index (κ1) is 12.9. The van der Waals surface area contributed by atoms with Gasteiger partial charge in [0.1, 0.15) is 0 Å². The van der Waals surface area contributed by atoms with E-state index in [-0.39, 0.29) is 17.9 Å². The van der Waals surface area contributed by atoms with Crippen LogP contribution in [0.1, 0.15) is 22.1 Å². The summed E-state index contributed by atoms with van der Waals surface area (Å²) in [6, 6.07) is 4.19. The lowest BCUT2D eigenvalue weighted by molar-refractivity contribution is 0.0950. The molecule has 1 aromatic carbocycles. The van der Waals surface area contributed by atoms with Crippen LogP contribution in [0.15, 0.2) is 22.7 Å². The highest BCUT2D eigenvalue weighted by atomic mass is 16.5. The third-order valence-corrected chi connectivity index (χ3v) is 2.45. The van der Waals surface area contributed by atoms with Crippen molar-refractivity contribution in [3.63, 3.8) is 0 Å². The maximum atomic E-state index is 11.8. The molecule has 7 heteroatoms. The molecule has 0 unspecified atom stereocenters. The van der Waals surface area contributed by atoms with Crippen LogP contribution in [0.25, 0.3) is 0 Å². The number of aromatic nitrogens is 2. The molecule has 3 N–H and O–H groups in total. The minimum absolute atomic E-state index is 0.0155. The molecule has 2 rings (SSSR count). The van der Waals surface area contributed by atoms with Gasteiger partial charge >= 0.3 is 0 Å². The summed E-state index contributed by atoms with van der Waals surface area (Å²) in [7, 11) is 0. The van der Waals surface area contributed by atoms with Crippen molar-refractivity contribution in [3.05, 3.63) is 35.5 Å². The summed E-state index contributed by atoms with van der Waals surface area (Å²) in [5.74, 6) is -0.289.